The zero-order valence-electron chi connectivity index (χ0n) is 13.9. The van der Waals surface area contributed by atoms with Crippen LogP contribution in [0.1, 0.15) is 12.1 Å². The van der Waals surface area contributed by atoms with Crippen LogP contribution in [0.5, 0.6) is 0 Å². The smallest absolute Gasteiger partial charge is 0.233 e. The maximum absolute atomic E-state index is 14.3. The third-order valence-corrected chi connectivity index (χ3v) is 6.78. The first-order chi connectivity index (χ1) is 13.0. The summed E-state index contributed by atoms with van der Waals surface area (Å²) in [5, 5.41) is 3.83. The van der Waals surface area contributed by atoms with Crippen molar-refractivity contribution in [2.24, 2.45) is 0 Å². The van der Waals surface area contributed by atoms with Gasteiger partial charge >= 0.3 is 0 Å². The maximum Gasteiger partial charge on any atom is 0.282 e. The average Bonchev–Trinajstić information content (AvgIpc) is 3.01. The lowest BCUT2D eigenvalue weighted by atomic mass is 10.1. The van der Waals surface area contributed by atoms with Crippen molar-refractivity contribution >= 4 is 41.7 Å². The second-order valence-corrected chi connectivity index (χ2v) is 9.47. The summed E-state index contributed by atoms with van der Waals surface area (Å²) >= 11 is 6.58. The largest absolute Gasteiger partial charge is 0.282 e. The van der Waals surface area contributed by atoms with Gasteiger partial charge in [-0.3, -0.25) is 0 Å². The van der Waals surface area contributed by atoms with E-state index in [9.17, 15) is 26.0 Å². The van der Waals surface area contributed by atoms with Crippen molar-refractivity contribution in [1.82, 2.24) is 9.78 Å². The predicted molar refractivity (Wildman–Crippen MR) is 102 cm³/mol. The normalized spacial score (nSPS) is 12.0. The second-order valence-electron chi connectivity index (χ2n) is 5.81. The van der Waals surface area contributed by atoms with E-state index < -0.39 is 38.5 Å². The Bertz CT molecular complexity index is 1160. The number of benzene rings is 2. The Kier molecular flexibility index (Phi) is 5.70. The molecule has 0 fully saturated rings. The summed E-state index contributed by atoms with van der Waals surface area (Å²) in [6, 6.07) is 7.33. The van der Waals surface area contributed by atoms with E-state index in [0.29, 0.717) is 20.9 Å². The van der Waals surface area contributed by atoms with E-state index in [1.807, 2.05) is 0 Å². The van der Waals surface area contributed by atoms with E-state index in [4.69, 9.17) is 0 Å². The van der Waals surface area contributed by atoms with Crippen LogP contribution in [0.3, 0.4) is 0 Å². The quantitative estimate of drug-likeness (QED) is 0.399. The summed E-state index contributed by atoms with van der Waals surface area (Å²) in [5.41, 5.74) is -0.407. The Labute approximate surface area is 174 Å². The third kappa shape index (κ3) is 4.01. The summed E-state index contributed by atoms with van der Waals surface area (Å²) in [4.78, 5) is -1.08. The zero-order valence-corrected chi connectivity index (χ0v) is 17.9. The van der Waals surface area contributed by atoms with Crippen LogP contribution in [0.25, 0.3) is 16.9 Å². The molecule has 0 aliphatic rings. The van der Waals surface area contributed by atoms with E-state index in [1.165, 1.54) is 0 Å². The van der Waals surface area contributed by atoms with Gasteiger partial charge in [-0.2, -0.15) is 5.10 Å². The minimum absolute atomic E-state index is 0.0256. The molecule has 0 aliphatic heterocycles. The molecular formula is C17H10Br2F4N2O2S. The summed E-state index contributed by atoms with van der Waals surface area (Å²) in [5.74, 6) is -2.64. The van der Waals surface area contributed by atoms with Gasteiger partial charge in [-0.25, -0.2) is 30.7 Å². The fraction of sp³-hybridized carbons (Fsp3) is 0.118. The van der Waals surface area contributed by atoms with Crippen molar-refractivity contribution in [3.8, 4) is 16.9 Å². The number of halogens is 6. The van der Waals surface area contributed by atoms with Gasteiger partial charge in [-0.1, -0.05) is 0 Å². The Morgan fingerprint density at radius 1 is 1.00 bits per heavy atom. The number of hydrogen-bond acceptors (Lipinski definition) is 3. The minimum atomic E-state index is -4.15. The molecule has 1 aromatic heterocycles. The molecule has 0 amide bonds. The van der Waals surface area contributed by atoms with E-state index in [1.54, 1.807) is 18.2 Å². The highest BCUT2D eigenvalue weighted by Crippen LogP contribution is 2.33. The first-order valence-electron chi connectivity index (χ1n) is 7.52. The van der Waals surface area contributed by atoms with Crippen molar-refractivity contribution in [3.05, 3.63) is 62.7 Å². The van der Waals surface area contributed by atoms with Crippen molar-refractivity contribution in [2.75, 3.05) is 6.26 Å². The van der Waals surface area contributed by atoms with Crippen LogP contribution >= 0.6 is 31.9 Å². The zero-order chi connectivity index (χ0) is 20.8. The highest BCUT2D eigenvalue weighted by atomic mass is 79.9. The number of sulfone groups is 1. The lowest BCUT2D eigenvalue weighted by Crippen LogP contribution is -2.06. The maximum atomic E-state index is 14.3. The molecule has 28 heavy (non-hydrogen) atoms. The average molecular weight is 542 g/mol. The summed E-state index contributed by atoms with van der Waals surface area (Å²) in [6.07, 6.45) is -2.24. The molecule has 11 heteroatoms. The van der Waals surface area contributed by atoms with E-state index in [0.717, 1.165) is 22.9 Å². The fourth-order valence-corrected chi connectivity index (χ4v) is 4.03. The monoisotopic (exact) mass is 540 g/mol. The Morgan fingerprint density at radius 2 is 1.61 bits per heavy atom. The highest BCUT2D eigenvalue weighted by Gasteiger charge is 2.24. The third-order valence-electron chi connectivity index (χ3n) is 3.76. The summed E-state index contributed by atoms with van der Waals surface area (Å²) in [7, 11) is -4.15. The molecule has 0 unspecified atom stereocenters. The van der Waals surface area contributed by atoms with Gasteiger partial charge in [0.05, 0.1) is 11.4 Å². The van der Waals surface area contributed by atoms with Gasteiger partial charge in [0.2, 0.25) is 0 Å². The van der Waals surface area contributed by atoms with E-state index >= 15 is 0 Å². The summed E-state index contributed by atoms with van der Waals surface area (Å²) < 4.78 is 80.5. The van der Waals surface area contributed by atoms with Gasteiger partial charge in [0.15, 0.2) is 9.84 Å². The van der Waals surface area contributed by atoms with Crippen molar-refractivity contribution in [2.45, 2.75) is 11.3 Å². The van der Waals surface area contributed by atoms with Gasteiger partial charge in [-0.05, 0) is 68.3 Å². The molecule has 148 valence electrons. The van der Waals surface area contributed by atoms with Crippen molar-refractivity contribution in [3.63, 3.8) is 0 Å². The molecule has 0 aliphatic carbocycles. The summed E-state index contributed by atoms with van der Waals surface area (Å²) in [6.45, 7) is 0. The lowest BCUT2D eigenvalue weighted by Gasteiger charge is -2.11. The van der Waals surface area contributed by atoms with Crippen LogP contribution in [0.15, 0.2) is 50.2 Å². The Balaban J connectivity index is 2.26. The molecule has 0 atom stereocenters. The topological polar surface area (TPSA) is 52.0 Å². The highest BCUT2D eigenvalue weighted by molar-refractivity contribution is 9.13. The lowest BCUT2D eigenvalue weighted by molar-refractivity contribution is 0.145. The number of nitrogens with zero attached hydrogens (tertiary/aromatic N) is 2. The Hall–Kier alpha value is -1.72. The molecule has 1 heterocycles. The first kappa shape index (κ1) is 21.0. The molecule has 4 nitrogen and oxygen atoms in total. The van der Waals surface area contributed by atoms with Crippen LogP contribution in [-0.4, -0.2) is 24.5 Å². The molecule has 0 saturated carbocycles. The van der Waals surface area contributed by atoms with Crippen LogP contribution in [0.2, 0.25) is 0 Å². The number of rotatable bonds is 4. The standard InChI is InChI=1S/C17H10Br2F4N2O2S/c1-28(26,27)16-12(20)4-8(5-13(16)21)15-7-14(17(22)23)24-25(15)9-2-3-10(18)11(19)6-9/h2-7,17H,1H3. The number of aromatic nitrogens is 2. The SMILES string of the molecule is CS(=O)(=O)c1c(F)cc(-c2cc(C(F)F)nn2-c2ccc(Br)c(Br)c2)cc1F. The van der Waals surface area contributed by atoms with Gasteiger partial charge in [-0.15, -0.1) is 0 Å². The van der Waals surface area contributed by atoms with Gasteiger partial charge in [0.25, 0.3) is 6.43 Å². The van der Waals surface area contributed by atoms with E-state index in [2.05, 4.69) is 37.0 Å². The first-order valence-corrected chi connectivity index (χ1v) is 11.0. The molecule has 0 N–H and O–H groups in total. The fourth-order valence-electron chi connectivity index (χ4n) is 2.59. The Morgan fingerprint density at radius 3 is 2.11 bits per heavy atom. The van der Waals surface area contributed by atoms with E-state index in [-0.39, 0.29) is 11.3 Å². The predicted octanol–water partition coefficient (Wildman–Crippen LogP) is 5.68. The number of alkyl halides is 2. The molecule has 0 spiro atoms. The molecular weight excluding hydrogens is 532 g/mol. The second kappa shape index (κ2) is 7.60. The van der Waals surface area contributed by atoms with Crippen LogP contribution < -0.4 is 0 Å². The van der Waals surface area contributed by atoms with Crippen LogP contribution in [0.4, 0.5) is 17.6 Å². The van der Waals surface area contributed by atoms with Gasteiger partial charge in [0.1, 0.15) is 22.2 Å². The number of hydrogen-bond donors (Lipinski definition) is 0. The van der Waals surface area contributed by atoms with Gasteiger partial charge in [0, 0.05) is 20.8 Å². The molecule has 3 rings (SSSR count). The molecule has 0 bridgehead atoms. The van der Waals surface area contributed by atoms with Crippen molar-refractivity contribution < 1.29 is 26.0 Å². The molecule has 0 radical (unpaired) electrons. The van der Waals surface area contributed by atoms with Crippen molar-refractivity contribution in [1.29, 1.82) is 0 Å². The minimum Gasteiger partial charge on any atom is -0.233 e. The van der Waals surface area contributed by atoms with Crippen LogP contribution in [-0.2, 0) is 9.84 Å². The molecule has 0 saturated heterocycles. The molecule has 2 aromatic carbocycles. The van der Waals surface area contributed by atoms with Crippen LogP contribution in [0, 0.1) is 11.6 Å². The van der Waals surface area contributed by atoms with Gasteiger partial charge < -0.3 is 0 Å². The molecule has 3 aromatic rings.